The lowest BCUT2D eigenvalue weighted by Gasteiger charge is -2.35. The summed E-state index contributed by atoms with van der Waals surface area (Å²) in [6.45, 7) is 5.96. The Morgan fingerprint density at radius 2 is 1.19 bits per heavy atom. The Labute approximate surface area is 159 Å². The molecule has 5 heteroatoms. The molecule has 2 amide bonds. The van der Waals surface area contributed by atoms with Crippen LogP contribution < -0.4 is 0 Å². The van der Waals surface area contributed by atoms with Crippen LogP contribution in [0, 0.1) is 5.92 Å². The number of amides is 2. The number of carbonyl (C=O) groups excluding carboxylic acids is 3. The summed E-state index contributed by atoms with van der Waals surface area (Å²) in [5.41, 5.74) is 1.75. The predicted molar refractivity (Wildman–Crippen MR) is 104 cm³/mol. The fraction of sp³-hybridized carbons (Fsp3) is 0.318. The Bertz CT molecular complexity index is 820. The SMILES string of the molecule is CC(C)C(=O)N1CCN(C(=O)c2ccc(C(=O)c3ccccc3)cc2)CC1. The standard InChI is InChI=1S/C22H24N2O3/c1-16(2)21(26)23-12-14-24(15-13-23)22(27)19-10-8-18(9-11-19)20(25)17-6-4-3-5-7-17/h3-11,16H,12-15H2,1-2H3. The molecule has 0 spiro atoms. The van der Waals surface area contributed by atoms with Crippen molar-refractivity contribution in [3.63, 3.8) is 0 Å². The highest BCUT2D eigenvalue weighted by molar-refractivity contribution is 6.09. The molecule has 2 aromatic rings. The van der Waals surface area contributed by atoms with Crippen molar-refractivity contribution in [1.82, 2.24) is 9.80 Å². The molecule has 0 saturated carbocycles. The molecule has 0 unspecified atom stereocenters. The average Bonchev–Trinajstić information content (AvgIpc) is 2.73. The Kier molecular flexibility index (Phi) is 5.69. The molecule has 140 valence electrons. The van der Waals surface area contributed by atoms with Crippen molar-refractivity contribution >= 4 is 17.6 Å². The van der Waals surface area contributed by atoms with Gasteiger partial charge >= 0.3 is 0 Å². The van der Waals surface area contributed by atoms with Gasteiger partial charge in [0.2, 0.25) is 5.91 Å². The van der Waals surface area contributed by atoms with Crippen LogP contribution in [-0.2, 0) is 4.79 Å². The van der Waals surface area contributed by atoms with Gasteiger partial charge in [0.25, 0.3) is 5.91 Å². The molecule has 0 aliphatic carbocycles. The highest BCUT2D eigenvalue weighted by atomic mass is 16.2. The van der Waals surface area contributed by atoms with Gasteiger partial charge in [-0.1, -0.05) is 56.3 Å². The van der Waals surface area contributed by atoms with Crippen LogP contribution in [0.1, 0.15) is 40.1 Å². The first-order valence-corrected chi connectivity index (χ1v) is 9.25. The zero-order chi connectivity index (χ0) is 19.4. The number of ketones is 1. The smallest absolute Gasteiger partial charge is 0.253 e. The van der Waals surface area contributed by atoms with Gasteiger partial charge in [0.15, 0.2) is 5.78 Å². The van der Waals surface area contributed by atoms with Crippen LogP contribution in [0.5, 0.6) is 0 Å². The minimum Gasteiger partial charge on any atom is -0.339 e. The van der Waals surface area contributed by atoms with Crippen molar-refractivity contribution < 1.29 is 14.4 Å². The van der Waals surface area contributed by atoms with Crippen molar-refractivity contribution in [2.24, 2.45) is 5.92 Å². The first-order chi connectivity index (χ1) is 13.0. The summed E-state index contributed by atoms with van der Waals surface area (Å²) in [4.78, 5) is 40.8. The fourth-order valence-electron chi connectivity index (χ4n) is 3.20. The molecule has 1 saturated heterocycles. The van der Waals surface area contributed by atoms with Crippen LogP contribution in [0.25, 0.3) is 0 Å². The van der Waals surface area contributed by atoms with Gasteiger partial charge in [-0.25, -0.2) is 0 Å². The lowest BCUT2D eigenvalue weighted by molar-refractivity contribution is -0.135. The van der Waals surface area contributed by atoms with E-state index in [2.05, 4.69) is 0 Å². The van der Waals surface area contributed by atoms with E-state index >= 15 is 0 Å². The van der Waals surface area contributed by atoms with E-state index in [0.29, 0.717) is 42.9 Å². The fourth-order valence-corrected chi connectivity index (χ4v) is 3.20. The Morgan fingerprint density at radius 3 is 1.74 bits per heavy atom. The van der Waals surface area contributed by atoms with E-state index in [9.17, 15) is 14.4 Å². The molecule has 2 aromatic carbocycles. The number of hydrogen-bond acceptors (Lipinski definition) is 3. The number of rotatable bonds is 4. The largest absolute Gasteiger partial charge is 0.339 e. The van der Waals surface area contributed by atoms with Crippen LogP contribution in [0.15, 0.2) is 54.6 Å². The van der Waals surface area contributed by atoms with Crippen LogP contribution in [0.4, 0.5) is 0 Å². The van der Waals surface area contributed by atoms with E-state index in [1.807, 2.05) is 36.9 Å². The topological polar surface area (TPSA) is 57.7 Å². The molecule has 0 bridgehead atoms. The number of benzene rings is 2. The van der Waals surface area contributed by atoms with Crippen LogP contribution in [0.2, 0.25) is 0 Å². The van der Waals surface area contributed by atoms with Gasteiger partial charge in [-0.3, -0.25) is 14.4 Å². The molecule has 5 nitrogen and oxygen atoms in total. The number of piperazine rings is 1. The molecule has 0 atom stereocenters. The van der Waals surface area contributed by atoms with E-state index in [4.69, 9.17) is 0 Å². The quantitative estimate of drug-likeness (QED) is 0.784. The monoisotopic (exact) mass is 364 g/mol. The molecular weight excluding hydrogens is 340 g/mol. The van der Waals surface area contributed by atoms with E-state index in [1.54, 1.807) is 41.3 Å². The molecule has 0 aromatic heterocycles. The summed E-state index contributed by atoms with van der Waals surface area (Å²) in [5.74, 6) is -0.0198. The second kappa shape index (κ2) is 8.16. The van der Waals surface area contributed by atoms with Gasteiger partial charge in [-0.15, -0.1) is 0 Å². The van der Waals surface area contributed by atoms with Gasteiger partial charge in [0.1, 0.15) is 0 Å². The molecule has 1 heterocycles. The second-order valence-corrected chi connectivity index (χ2v) is 7.04. The van der Waals surface area contributed by atoms with Crippen LogP contribution in [0.3, 0.4) is 0 Å². The zero-order valence-corrected chi connectivity index (χ0v) is 15.7. The van der Waals surface area contributed by atoms with E-state index in [-0.39, 0.29) is 23.5 Å². The molecule has 0 radical (unpaired) electrons. The zero-order valence-electron chi connectivity index (χ0n) is 15.7. The first kappa shape index (κ1) is 18.8. The van der Waals surface area contributed by atoms with Crippen molar-refractivity contribution in [2.75, 3.05) is 26.2 Å². The van der Waals surface area contributed by atoms with Gasteiger partial charge < -0.3 is 9.80 Å². The molecule has 1 aliphatic rings. The lowest BCUT2D eigenvalue weighted by Crippen LogP contribution is -2.51. The number of hydrogen-bond donors (Lipinski definition) is 0. The van der Waals surface area contributed by atoms with E-state index in [1.165, 1.54) is 0 Å². The van der Waals surface area contributed by atoms with E-state index in [0.717, 1.165) is 0 Å². The molecular formula is C22H24N2O3. The second-order valence-electron chi connectivity index (χ2n) is 7.04. The van der Waals surface area contributed by atoms with E-state index < -0.39 is 0 Å². The lowest BCUT2D eigenvalue weighted by atomic mass is 10.0. The minimum absolute atomic E-state index is 0.0260. The Morgan fingerprint density at radius 1 is 0.704 bits per heavy atom. The molecule has 1 aliphatic heterocycles. The van der Waals surface area contributed by atoms with Crippen molar-refractivity contribution in [3.05, 3.63) is 71.3 Å². The third-order valence-corrected chi connectivity index (χ3v) is 4.80. The van der Waals surface area contributed by atoms with Crippen molar-refractivity contribution in [1.29, 1.82) is 0 Å². The molecule has 3 rings (SSSR count). The average molecular weight is 364 g/mol. The number of carbonyl (C=O) groups is 3. The maximum Gasteiger partial charge on any atom is 0.253 e. The Balaban J connectivity index is 1.63. The summed E-state index contributed by atoms with van der Waals surface area (Å²) in [5, 5.41) is 0. The predicted octanol–water partition coefficient (Wildman–Crippen LogP) is 2.86. The first-order valence-electron chi connectivity index (χ1n) is 9.25. The third kappa shape index (κ3) is 4.25. The summed E-state index contributed by atoms with van der Waals surface area (Å²) in [7, 11) is 0. The summed E-state index contributed by atoms with van der Waals surface area (Å²) >= 11 is 0. The summed E-state index contributed by atoms with van der Waals surface area (Å²) < 4.78 is 0. The molecule has 27 heavy (non-hydrogen) atoms. The summed E-state index contributed by atoms with van der Waals surface area (Å²) in [6, 6.07) is 15.9. The normalized spacial score (nSPS) is 14.3. The number of nitrogens with zero attached hydrogens (tertiary/aromatic N) is 2. The molecule has 0 N–H and O–H groups in total. The summed E-state index contributed by atoms with van der Waals surface area (Å²) in [6.07, 6.45) is 0. The van der Waals surface area contributed by atoms with Crippen LogP contribution in [-0.4, -0.2) is 53.6 Å². The van der Waals surface area contributed by atoms with Gasteiger partial charge in [-0.2, -0.15) is 0 Å². The van der Waals surface area contributed by atoms with Crippen molar-refractivity contribution in [2.45, 2.75) is 13.8 Å². The maximum absolute atomic E-state index is 12.7. The van der Waals surface area contributed by atoms with Gasteiger partial charge in [-0.05, 0) is 12.1 Å². The van der Waals surface area contributed by atoms with Crippen molar-refractivity contribution in [3.8, 4) is 0 Å². The highest BCUT2D eigenvalue weighted by Crippen LogP contribution is 2.14. The minimum atomic E-state index is -0.0645. The van der Waals surface area contributed by atoms with Gasteiger partial charge in [0, 0.05) is 48.8 Å². The highest BCUT2D eigenvalue weighted by Gasteiger charge is 2.26. The maximum atomic E-state index is 12.7. The third-order valence-electron chi connectivity index (χ3n) is 4.80. The Hall–Kier alpha value is -2.95. The van der Waals surface area contributed by atoms with Crippen LogP contribution >= 0.6 is 0 Å². The molecule has 1 fully saturated rings. The van der Waals surface area contributed by atoms with Gasteiger partial charge in [0.05, 0.1) is 0 Å².